The predicted molar refractivity (Wildman–Crippen MR) is 56.9 cm³/mol. The van der Waals surface area contributed by atoms with Crippen molar-refractivity contribution < 1.29 is 14.6 Å². The molecule has 0 fully saturated rings. The standard InChI is InChI=1S/C6H7Br3O3/c1-2-12-5(11)3-4(10)6(7,8)9/h3,10H,2H2,1H3/b4-3-. The van der Waals surface area contributed by atoms with Crippen molar-refractivity contribution in [3.8, 4) is 0 Å². The van der Waals surface area contributed by atoms with Gasteiger partial charge < -0.3 is 9.84 Å². The summed E-state index contributed by atoms with van der Waals surface area (Å²) in [5.74, 6) is -0.793. The number of rotatable bonds is 2. The molecule has 0 spiro atoms. The molecule has 0 aromatic heterocycles. The summed E-state index contributed by atoms with van der Waals surface area (Å²) < 4.78 is 3.61. The van der Waals surface area contributed by atoms with Gasteiger partial charge >= 0.3 is 5.97 Å². The van der Waals surface area contributed by atoms with Crippen molar-refractivity contribution in [2.45, 2.75) is 9.07 Å². The zero-order valence-electron chi connectivity index (χ0n) is 6.18. The Bertz CT molecular complexity index is 195. The molecular formula is C6H7Br3O3. The number of aliphatic hydroxyl groups is 1. The maximum atomic E-state index is 10.8. The molecule has 0 unspecified atom stereocenters. The van der Waals surface area contributed by atoms with Gasteiger partial charge in [0.2, 0.25) is 0 Å². The third-order valence-corrected chi connectivity index (χ3v) is 2.05. The number of carbonyl (C=O) groups is 1. The first kappa shape index (κ1) is 12.4. The second-order valence-corrected chi connectivity index (χ2v) is 8.54. The molecule has 0 saturated carbocycles. The van der Waals surface area contributed by atoms with Crippen LogP contribution in [0.15, 0.2) is 11.8 Å². The summed E-state index contributed by atoms with van der Waals surface area (Å²) in [5, 5.41) is 9.20. The monoisotopic (exact) mass is 364 g/mol. The summed E-state index contributed by atoms with van der Waals surface area (Å²) >= 11 is 9.09. The van der Waals surface area contributed by atoms with Gasteiger partial charge in [0.1, 0.15) is 5.76 Å². The second-order valence-electron chi connectivity index (χ2n) is 1.78. The summed E-state index contributed by atoms with van der Waals surface area (Å²) in [6.45, 7) is 1.97. The fraction of sp³-hybridized carbons (Fsp3) is 0.500. The second kappa shape index (κ2) is 5.24. The van der Waals surface area contributed by atoms with E-state index in [1.54, 1.807) is 6.92 Å². The van der Waals surface area contributed by atoms with Gasteiger partial charge in [0.25, 0.3) is 0 Å². The molecule has 70 valence electrons. The lowest BCUT2D eigenvalue weighted by atomic mass is 10.5. The molecule has 1 N–H and O–H groups in total. The van der Waals surface area contributed by atoms with Crippen LogP contribution in [0.1, 0.15) is 6.92 Å². The van der Waals surface area contributed by atoms with Crippen molar-refractivity contribution in [3.63, 3.8) is 0 Å². The molecule has 0 aliphatic carbocycles. The highest BCUT2D eigenvalue weighted by Gasteiger charge is 2.24. The molecule has 0 aliphatic rings. The molecule has 0 bridgehead atoms. The largest absolute Gasteiger partial charge is 0.509 e. The number of hydrogen-bond donors (Lipinski definition) is 1. The normalized spacial score (nSPS) is 12.8. The molecule has 0 atom stereocenters. The molecule has 3 nitrogen and oxygen atoms in total. The molecule has 0 radical (unpaired) electrons. The van der Waals surface area contributed by atoms with Crippen LogP contribution in [0.4, 0.5) is 0 Å². The quantitative estimate of drug-likeness (QED) is 0.354. The van der Waals surface area contributed by atoms with Crippen molar-refractivity contribution in [1.29, 1.82) is 0 Å². The highest BCUT2D eigenvalue weighted by Crippen LogP contribution is 2.39. The summed E-state index contributed by atoms with van der Waals surface area (Å²) in [5.41, 5.74) is 0. The van der Waals surface area contributed by atoms with Crippen LogP contribution in [0.2, 0.25) is 0 Å². The first-order valence-corrected chi connectivity index (χ1v) is 5.40. The number of hydrogen-bond acceptors (Lipinski definition) is 3. The molecule has 0 rings (SSSR count). The minimum Gasteiger partial charge on any atom is -0.509 e. The first-order valence-electron chi connectivity index (χ1n) is 3.02. The van der Waals surface area contributed by atoms with Crippen molar-refractivity contribution in [1.82, 2.24) is 0 Å². The van der Waals surface area contributed by atoms with E-state index < -0.39 is 8.11 Å². The first-order chi connectivity index (χ1) is 5.38. The highest BCUT2D eigenvalue weighted by molar-refractivity contribution is 9.39. The Labute approximate surface area is 95.5 Å². The summed E-state index contributed by atoms with van der Waals surface area (Å²) in [7, 11) is 0. The molecule has 0 heterocycles. The lowest BCUT2D eigenvalue weighted by molar-refractivity contribution is -0.137. The van der Waals surface area contributed by atoms with E-state index >= 15 is 0 Å². The minimum absolute atomic E-state index is 0.207. The summed E-state index contributed by atoms with van der Waals surface area (Å²) in [6.07, 6.45) is 0.974. The van der Waals surface area contributed by atoms with E-state index in [0.29, 0.717) is 0 Å². The van der Waals surface area contributed by atoms with Crippen LogP contribution in [0, 0.1) is 0 Å². The number of allylic oxidation sites excluding steroid dienone is 1. The topological polar surface area (TPSA) is 46.5 Å². The molecular weight excluding hydrogens is 360 g/mol. The molecule has 12 heavy (non-hydrogen) atoms. The average Bonchev–Trinajstić information content (AvgIpc) is 1.85. The van der Waals surface area contributed by atoms with Crippen LogP contribution in [0.5, 0.6) is 0 Å². The Morgan fingerprint density at radius 3 is 2.42 bits per heavy atom. The van der Waals surface area contributed by atoms with Gasteiger partial charge in [-0.2, -0.15) is 0 Å². The number of esters is 1. The Hall–Kier alpha value is 0.450. The average molecular weight is 367 g/mol. The van der Waals surface area contributed by atoms with Gasteiger partial charge in [0.15, 0.2) is 2.14 Å². The fourth-order valence-electron chi connectivity index (χ4n) is 0.377. The highest BCUT2D eigenvalue weighted by atomic mass is 80.0. The minimum atomic E-state index is -0.959. The van der Waals surface area contributed by atoms with Crippen molar-refractivity contribution >= 4 is 53.8 Å². The maximum Gasteiger partial charge on any atom is 0.334 e. The van der Waals surface area contributed by atoms with Gasteiger partial charge in [-0.05, 0) is 6.92 Å². The van der Waals surface area contributed by atoms with Gasteiger partial charge in [-0.3, -0.25) is 0 Å². The van der Waals surface area contributed by atoms with E-state index in [9.17, 15) is 9.90 Å². The molecule has 0 aromatic carbocycles. The zero-order chi connectivity index (χ0) is 9.78. The molecule has 0 saturated heterocycles. The van der Waals surface area contributed by atoms with Gasteiger partial charge in [0, 0.05) is 0 Å². The lowest BCUT2D eigenvalue weighted by Gasteiger charge is -2.09. The Kier molecular flexibility index (Phi) is 5.43. The van der Waals surface area contributed by atoms with E-state index in [1.807, 2.05) is 0 Å². The zero-order valence-corrected chi connectivity index (χ0v) is 10.9. The van der Waals surface area contributed by atoms with Crippen molar-refractivity contribution in [3.05, 3.63) is 11.8 Å². The smallest absolute Gasteiger partial charge is 0.334 e. The van der Waals surface area contributed by atoms with Crippen LogP contribution in [0.25, 0.3) is 0 Å². The number of ether oxygens (including phenoxy) is 1. The Morgan fingerprint density at radius 1 is 1.58 bits per heavy atom. The van der Waals surface area contributed by atoms with Crippen LogP contribution < -0.4 is 0 Å². The molecule has 0 aliphatic heterocycles. The van der Waals surface area contributed by atoms with E-state index in [1.165, 1.54) is 0 Å². The van der Waals surface area contributed by atoms with Crippen LogP contribution in [-0.4, -0.2) is 19.8 Å². The van der Waals surface area contributed by atoms with E-state index in [4.69, 9.17) is 0 Å². The van der Waals surface area contributed by atoms with Crippen LogP contribution >= 0.6 is 47.8 Å². The predicted octanol–water partition coefficient (Wildman–Crippen LogP) is 2.83. The number of alkyl halides is 3. The van der Waals surface area contributed by atoms with Gasteiger partial charge in [-0.25, -0.2) is 4.79 Å². The number of aliphatic hydroxyl groups excluding tert-OH is 1. The number of halogens is 3. The van der Waals surface area contributed by atoms with Gasteiger partial charge in [-0.1, -0.05) is 47.8 Å². The molecule has 0 aromatic rings. The fourth-order valence-corrected chi connectivity index (χ4v) is 0.721. The van der Waals surface area contributed by atoms with E-state index in [0.717, 1.165) is 6.08 Å². The lowest BCUT2D eigenvalue weighted by Crippen LogP contribution is -2.08. The Balaban J connectivity index is 4.26. The van der Waals surface area contributed by atoms with Crippen molar-refractivity contribution in [2.75, 3.05) is 6.61 Å². The molecule has 0 amide bonds. The third-order valence-electron chi connectivity index (χ3n) is 0.832. The summed E-state index contributed by atoms with van der Waals surface area (Å²) in [4.78, 5) is 10.8. The van der Waals surface area contributed by atoms with Crippen LogP contribution in [0.3, 0.4) is 0 Å². The third kappa shape index (κ3) is 5.16. The van der Waals surface area contributed by atoms with Gasteiger partial charge in [0.05, 0.1) is 12.7 Å². The number of carbonyl (C=O) groups excluding carboxylic acids is 1. The molecule has 6 heteroatoms. The SMILES string of the molecule is CCOC(=O)/C=C(\O)C(Br)(Br)Br. The van der Waals surface area contributed by atoms with Crippen LogP contribution in [-0.2, 0) is 9.53 Å². The van der Waals surface area contributed by atoms with E-state index in [2.05, 4.69) is 52.5 Å². The van der Waals surface area contributed by atoms with Gasteiger partial charge in [-0.15, -0.1) is 0 Å². The maximum absolute atomic E-state index is 10.8. The van der Waals surface area contributed by atoms with Crippen molar-refractivity contribution in [2.24, 2.45) is 0 Å². The van der Waals surface area contributed by atoms with E-state index in [-0.39, 0.29) is 12.4 Å². The summed E-state index contributed by atoms with van der Waals surface area (Å²) in [6, 6.07) is 0. The Morgan fingerprint density at radius 2 is 2.08 bits per heavy atom.